The highest BCUT2D eigenvalue weighted by molar-refractivity contribution is 4.59. The zero-order chi connectivity index (χ0) is 15.8. The minimum atomic E-state index is -0.806. The lowest BCUT2D eigenvalue weighted by Gasteiger charge is -2.32. The summed E-state index contributed by atoms with van der Waals surface area (Å²) in [6.45, 7) is 10.1. The van der Waals surface area contributed by atoms with Gasteiger partial charge < -0.3 is 14.2 Å². The molecular formula is C18H38O3. The van der Waals surface area contributed by atoms with E-state index in [1.165, 1.54) is 51.4 Å². The van der Waals surface area contributed by atoms with Crippen LogP contribution in [0, 0.1) is 0 Å². The van der Waals surface area contributed by atoms with Gasteiger partial charge in [-0.2, -0.15) is 0 Å². The van der Waals surface area contributed by atoms with Crippen LogP contribution in [0.2, 0.25) is 0 Å². The van der Waals surface area contributed by atoms with Gasteiger partial charge in [-0.05, 0) is 27.2 Å². The molecule has 0 aromatic carbocycles. The van der Waals surface area contributed by atoms with E-state index in [0.717, 1.165) is 12.8 Å². The van der Waals surface area contributed by atoms with E-state index < -0.39 is 5.97 Å². The van der Waals surface area contributed by atoms with Gasteiger partial charge in [0.05, 0.1) is 0 Å². The summed E-state index contributed by atoms with van der Waals surface area (Å²) in [4.78, 5) is 0. The van der Waals surface area contributed by atoms with E-state index in [9.17, 15) is 0 Å². The van der Waals surface area contributed by atoms with Gasteiger partial charge >= 0.3 is 0 Å². The molecule has 0 bridgehead atoms. The molecular weight excluding hydrogens is 264 g/mol. The Morgan fingerprint density at radius 3 is 1.29 bits per heavy atom. The van der Waals surface area contributed by atoms with Crippen molar-refractivity contribution in [3.8, 4) is 0 Å². The molecule has 0 aliphatic rings. The Bertz CT molecular complexity index is 190. The monoisotopic (exact) mass is 302 g/mol. The second-order valence-electron chi connectivity index (χ2n) is 5.56. The molecule has 0 unspecified atom stereocenters. The van der Waals surface area contributed by atoms with Gasteiger partial charge in [0.25, 0.3) is 5.97 Å². The minimum absolute atomic E-state index is 0.622. The smallest absolute Gasteiger partial charge is 0.282 e. The van der Waals surface area contributed by atoms with Crippen molar-refractivity contribution in [2.75, 3.05) is 19.8 Å². The van der Waals surface area contributed by atoms with Crippen molar-refractivity contribution in [1.82, 2.24) is 0 Å². The molecule has 0 aromatic heterocycles. The molecule has 128 valence electrons. The second-order valence-corrected chi connectivity index (χ2v) is 5.56. The largest absolute Gasteiger partial charge is 0.328 e. The number of ether oxygens (including phenoxy) is 3. The van der Waals surface area contributed by atoms with Gasteiger partial charge in [-0.1, -0.05) is 58.3 Å². The zero-order valence-electron chi connectivity index (χ0n) is 14.9. The van der Waals surface area contributed by atoms with E-state index in [0.29, 0.717) is 19.8 Å². The van der Waals surface area contributed by atoms with Crippen LogP contribution >= 0.6 is 0 Å². The normalized spacial score (nSPS) is 12.0. The third kappa shape index (κ3) is 11.1. The first kappa shape index (κ1) is 20.9. The fraction of sp³-hybridized carbons (Fsp3) is 1.00. The Balaban J connectivity index is 3.76. The highest BCUT2D eigenvalue weighted by Crippen LogP contribution is 2.24. The summed E-state index contributed by atoms with van der Waals surface area (Å²) in [6.07, 6.45) is 12.7. The maximum absolute atomic E-state index is 5.74. The molecule has 0 fully saturated rings. The Labute approximate surface area is 132 Å². The van der Waals surface area contributed by atoms with E-state index >= 15 is 0 Å². The van der Waals surface area contributed by atoms with Gasteiger partial charge in [0, 0.05) is 26.2 Å². The molecule has 0 rings (SSSR count). The molecule has 0 saturated carbocycles. The number of hydrogen-bond acceptors (Lipinski definition) is 3. The van der Waals surface area contributed by atoms with Crippen LogP contribution in [-0.4, -0.2) is 25.8 Å². The van der Waals surface area contributed by atoms with Gasteiger partial charge in [-0.25, -0.2) is 0 Å². The van der Waals surface area contributed by atoms with Gasteiger partial charge in [-0.3, -0.25) is 0 Å². The molecule has 3 nitrogen and oxygen atoms in total. The maximum atomic E-state index is 5.74. The summed E-state index contributed by atoms with van der Waals surface area (Å²) in [5.41, 5.74) is 0. The summed E-state index contributed by atoms with van der Waals surface area (Å²) in [6, 6.07) is 0. The Morgan fingerprint density at radius 2 is 0.905 bits per heavy atom. The molecule has 0 aromatic rings. The van der Waals surface area contributed by atoms with Crippen LogP contribution < -0.4 is 0 Å². The molecule has 0 amide bonds. The summed E-state index contributed by atoms with van der Waals surface area (Å²) < 4.78 is 17.2. The highest BCUT2D eigenvalue weighted by atomic mass is 16.9. The summed E-state index contributed by atoms with van der Waals surface area (Å²) in [5.74, 6) is -0.806. The predicted molar refractivity (Wildman–Crippen MR) is 89.5 cm³/mol. The lowest BCUT2D eigenvalue weighted by molar-refractivity contribution is -0.380. The topological polar surface area (TPSA) is 27.7 Å². The molecule has 0 heterocycles. The van der Waals surface area contributed by atoms with Crippen LogP contribution in [0.15, 0.2) is 0 Å². The Hall–Kier alpha value is -0.120. The van der Waals surface area contributed by atoms with Crippen LogP contribution in [0.5, 0.6) is 0 Å². The zero-order valence-corrected chi connectivity index (χ0v) is 14.9. The Kier molecular flexibility index (Phi) is 14.7. The average molecular weight is 302 g/mol. The van der Waals surface area contributed by atoms with Crippen molar-refractivity contribution in [2.24, 2.45) is 0 Å². The molecule has 0 radical (unpaired) electrons. The van der Waals surface area contributed by atoms with E-state index in [-0.39, 0.29) is 0 Å². The summed E-state index contributed by atoms with van der Waals surface area (Å²) >= 11 is 0. The fourth-order valence-electron chi connectivity index (χ4n) is 2.65. The third-order valence-electron chi connectivity index (χ3n) is 3.68. The van der Waals surface area contributed by atoms with E-state index in [1.54, 1.807) is 0 Å². The third-order valence-corrected chi connectivity index (χ3v) is 3.68. The number of hydrogen-bond donors (Lipinski definition) is 0. The first-order chi connectivity index (χ1) is 10.2. The first-order valence-corrected chi connectivity index (χ1v) is 9.16. The molecule has 3 heteroatoms. The van der Waals surface area contributed by atoms with Crippen LogP contribution in [0.25, 0.3) is 0 Å². The maximum Gasteiger partial charge on any atom is 0.282 e. The first-order valence-electron chi connectivity index (χ1n) is 9.16. The SMILES string of the molecule is CCCCCCCCCCCC(OCC)(OCC)OCC. The molecule has 21 heavy (non-hydrogen) atoms. The molecule has 0 aliphatic carbocycles. The average Bonchev–Trinajstić information content (AvgIpc) is 2.46. The summed E-state index contributed by atoms with van der Waals surface area (Å²) in [5, 5.41) is 0. The standard InChI is InChI=1S/C18H38O3/c1-5-9-10-11-12-13-14-15-16-17-18(19-6-2,20-7-3)21-8-4/h5-17H2,1-4H3. The van der Waals surface area contributed by atoms with Gasteiger partial charge in [0.15, 0.2) is 0 Å². The second kappa shape index (κ2) is 14.8. The fourth-order valence-corrected chi connectivity index (χ4v) is 2.65. The molecule has 0 spiro atoms. The van der Waals surface area contributed by atoms with Crippen LogP contribution in [0.3, 0.4) is 0 Å². The van der Waals surface area contributed by atoms with E-state index in [2.05, 4.69) is 6.92 Å². The minimum Gasteiger partial charge on any atom is -0.328 e. The van der Waals surface area contributed by atoms with Gasteiger partial charge in [-0.15, -0.1) is 0 Å². The highest BCUT2D eigenvalue weighted by Gasteiger charge is 2.31. The lowest BCUT2D eigenvalue weighted by Crippen LogP contribution is -2.39. The van der Waals surface area contributed by atoms with Gasteiger partial charge in [0.1, 0.15) is 0 Å². The van der Waals surface area contributed by atoms with Gasteiger partial charge in [0.2, 0.25) is 0 Å². The predicted octanol–water partition coefficient (Wildman–Crippen LogP) is 5.67. The Morgan fingerprint density at radius 1 is 0.524 bits per heavy atom. The number of unbranched alkanes of at least 4 members (excludes halogenated alkanes) is 8. The molecule has 0 aliphatic heterocycles. The van der Waals surface area contributed by atoms with Crippen molar-refractivity contribution >= 4 is 0 Å². The van der Waals surface area contributed by atoms with Crippen molar-refractivity contribution in [2.45, 2.75) is 97.9 Å². The van der Waals surface area contributed by atoms with Crippen molar-refractivity contribution in [3.63, 3.8) is 0 Å². The van der Waals surface area contributed by atoms with E-state index in [4.69, 9.17) is 14.2 Å². The van der Waals surface area contributed by atoms with Crippen molar-refractivity contribution in [1.29, 1.82) is 0 Å². The van der Waals surface area contributed by atoms with Crippen LogP contribution in [-0.2, 0) is 14.2 Å². The number of rotatable bonds is 16. The van der Waals surface area contributed by atoms with Crippen molar-refractivity contribution in [3.05, 3.63) is 0 Å². The quantitative estimate of drug-likeness (QED) is 0.271. The molecule has 0 N–H and O–H groups in total. The lowest BCUT2D eigenvalue weighted by atomic mass is 10.1. The van der Waals surface area contributed by atoms with Crippen LogP contribution in [0.1, 0.15) is 91.9 Å². The van der Waals surface area contributed by atoms with Crippen LogP contribution in [0.4, 0.5) is 0 Å². The van der Waals surface area contributed by atoms with E-state index in [1.807, 2.05) is 20.8 Å². The van der Waals surface area contributed by atoms with Crippen molar-refractivity contribution < 1.29 is 14.2 Å². The summed E-state index contributed by atoms with van der Waals surface area (Å²) in [7, 11) is 0. The molecule has 0 saturated heterocycles. The molecule has 0 atom stereocenters.